The molecule has 3 aromatic rings. The van der Waals surface area contributed by atoms with Gasteiger partial charge in [0.05, 0.1) is 30.3 Å². The second-order valence-electron chi connectivity index (χ2n) is 9.41. The van der Waals surface area contributed by atoms with Crippen molar-refractivity contribution < 1.29 is 33.5 Å². The molecule has 0 radical (unpaired) electrons. The van der Waals surface area contributed by atoms with Crippen LogP contribution in [0, 0.1) is 10.1 Å². The molecular weight excluding hydrogens is 526 g/mol. The van der Waals surface area contributed by atoms with Crippen LogP contribution in [0.25, 0.3) is 11.1 Å². The number of unbranched alkanes of at least 4 members (excludes halogenated alkanes) is 3. The van der Waals surface area contributed by atoms with Gasteiger partial charge in [-0.3, -0.25) is 10.1 Å². The second-order valence-corrected chi connectivity index (χ2v) is 9.41. The van der Waals surface area contributed by atoms with Gasteiger partial charge in [0.25, 0.3) is 0 Å². The quantitative estimate of drug-likeness (QED) is 0.0446. The first-order valence-corrected chi connectivity index (χ1v) is 13.6. The van der Waals surface area contributed by atoms with Crippen LogP contribution >= 0.6 is 0 Å². The third-order valence-corrected chi connectivity index (χ3v) is 6.00. The Balaban J connectivity index is 1.50. The molecule has 0 saturated heterocycles. The smallest absolute Gasteiger partial charge is 0.343 e. The molecule has 216 valence electrons. The maximum Gasteiger partial charge on any atom is 0.343 e. The van der Waals surface area contributed by atoms with Crippen molar-refractivity contribution in [2.75, 3.05) is 19.8 Å². The van der Waals surface area contributed by atoms with E-state index in [2.05, 4.69) is 6.58 Å². The number of hydrogen-bond acceptors (Lipinski definition) is 8. The van der Waals surface area contributed by atoms with E-state index in [9.17, 15) is 19.7 Å². The molecule has 0 atom stereocenters. The third-order valence-electron chi connectivity index (χ3n) is 6.00. The van der Waals surface area contributed by atoms with E-state index in [0.717, 1.165) is 43.4 Å². The van der Waals surface area contributed by atoms with Crippen LogP contribution < -0.4 is 14.2 Å². The van der Waals surface area contributed by atoms with E-state index < -0.39 is 10.9 Å². The summed E-state index contributed by atoms with van der Waals surface area (Å²) < 4.78 is 21.7. The van der Waals surface area contributed by atoms with Crippen LogP contribution in [-0.4, -0.2) is 36.7 Å². The summed E-state index contributed by atoms with van der Waals surface area (Å²) in [5.74, 6) is 0.104. The monoisotopic (exact) mass is 561 g/mol. The average Bonchev–Trinajstić information content (AvgIpc) is 2.97. The summed E-state index contributed by atoms with van der Waals surface area (Å²) in [5, 5.41) is 11.7. The van der Waals surface area contributed by atoms with Crippen LogP contribution in [0.5, 0.6) is 17.2 Å². The van der Waals surface area contributed by atoms with Crippen molar-refractivity contribution in [1.82, 2.24) is 0 Å². The van der Waals surface area contributed by atoms with Crippen molar-refractivity contribution in [3.8, 4) is 28.4 Å². The minimum Gasteiger partial charge on any atom is -0.494 e. The van der Waals surface area contributed by atoms with Gasteiger partial charge in [0.1, 0.15) is 11.5 Å². The molecule has 0 aliphatic heterocycles. The van der Waals surface area contributed by atoms with Crippen molar-refractivity contribution in [2.24, 2.45) is 0 Å². The average molecular weight is 562 g/mol. The molecule has 0 N–H and O–H groups in total. The van der Waals surface area contributed by atoms with Crippen LogP contribution in [0.15, 0.2) is 78.9 Å². The number of esters is 2. The predicted octanol–water partition coefficient (Wildman–Crippen LogP) is 7.33. The van der Waals surface area contributed by atoms with Crippen LogP contribution in [-0.2, 0) is 9.53 Å². The largest absolute Gasteiger partial charge is 0.494 e. The summed E-state index contributed by atoms with van der Waals surface area (Å²) in [6.07, 6.45) is 4.33. The van der Waals surface area contributed by atoms with Gasteiger partial charge in [-0.05, 0) is 92.6 Å². The predicted molar refractivity (Wildman–Crippen MR) is 155 cm³/mol. The van der Waals surface area contributed by atoms with Gasteiger partial charge in [0, 0.05) is 11.6 Å². The van der Waals surface area contributed by atoms with Gasteiger partial charge in [0.15, 0.2) is 0 Å². The number of ether oxygens (including phenoxy) is 4. The highest BCUT2D eigenvalue weighted by Crippen LogP contribution is 2.33. The lowest BCUT2D eigenvalue weighted by Gasteiger charge is -2.09. The highest BCUT2D eigenvalue weighted by molar-refractivity contribution is 5.92. The van der Waals surface area contributed by atoms with Crippen LogP contribution in [0.1, 0.15) is 56.3 Å². The molecule has 9 heteroatoms. The lowest BCUT2D eigenvalue weighted by Crippen LogP contribution is -2.10. The van der Waals surface area contributed by atoms with Gasteiger partial charge in [0.2, 0.25) is 5.75 Å². The molecule has 0 unspecified atom stereocenters. The maximum atomic E-state index is 12.7. The zero-order chi connectivity index (χ0) is 29.6. The fourth-order valence-electron chi connectivity index (χ4n) is 3.77. The number of benzene rings is 3. The Kier molecular flexibility index (Phi) is 11.9. The van der Waals surface area contributed by atoms with Crippen molar-refractivity contribution >= 4 is 17.6 Å². The van der Waals surface area contributed by atoms with Crippen molar-refractivity contribution in [1.29, 1.82) is 0 Å². The topological polar surface area (TPSA) is 114 Å². The molecule has 0 fully saturated rings. The van der Waals surface area contributed by atoms with Crippen molar-refractivity contribution in [3.63, 3.8) is 0 Å². The zero-order valence-corrected chi connectivity index (χ0v) is 23.4. The SMILES string of the molecule is C=C(C)C(=O)OCCCCCCOc1ccc(C(=O)Oc2ccc(-c3ccc(OCCC)cc3)cc2[N+](=O)[O-])cc1. The molecule has 9 nitrogen and oxygen atoms in total. The Hall–Kier alpha value is -4.66. The molecule has 3 rings (SSSR count). The number of hydrogen-bond donors (Lipinski definition) is 0. The van der Waals surface area contributed by atoms with Gasteiger partial charge in [-0.25, -0.2) is 9.59 Å². The molecule has 0 heterocycles. The minimum atomic E-state index is -0.711. The lowest BCUT2D eigenvalue weighted by atomic mass is 10.0. The minimum absolute atomic E-state index is 0.138. The number of rotatable bonds is 16. The standard InChI is InChI=1S/C32H35NO8/c1-4-19-38-27-14-9-24(10-15-27)26-13-18-30(29(22-26)33(36)37)41-32(35)25-11-16-28(17-12-25)39-20-7-5-6-8-21-40-31(34)23(2)3/h9-18,22H,2,4-8,19-21H2,1,3H3. The zero-order valence-electron chi connectivity index (χ0n) is 23.4. The van der Waals surface area contributed by atoms with Crippen LogP contribution in [0.4, 0.5) is 5.69 Å². The number of nitro groups is 1. The van der Waals surface area contributed by atoms with Gasteiger partial charge in [-0.15, -0.1) is 0 Å². The van der Waals surface area contributed by atoms with E-state index >= 15 is 0 Å². The Bertz CT molecular complexity index is 1330. The first-order chi connectivity index (χ1) is 19.8. The molecule has 0 bridgehead atoms. The highest BCUT2D eigenvalue weighted by atomic mass is 16.6. The Morgan fingerprint density at radius 3 is 2.00 bits per heavy atom. The van der Waals surface area contributed by atoms with Crippen LogP contribution in [0.2, 0.25) is 0 Å². The van der Waals surface area contributed by atoms with Gasteiger partial charge in [-0.1, -0.05) is 31.7 Å². The summed E-state index contributed by atoms with van der Waals surface area (Å²) in [7, 11) is 0. The molecule has 0 aromatic heterocycles. The van der Waals surface area contributed by atoms with E-state index in [1.165, 1.54) is 12.1 Å². The Labute approximate surface area is 239 Å². The summed E-state index contributed by atoms with van der Waals surface area (Å²) in [4.78, 5) is 35.2. The first kappa shape index (κ1) is 30.9. The first-order valence-electron chi connectivity index (χ1n) is 13.6. The normalized spacial score (nSPS) is 10.5. The van der Waals surface area contributed by atoms with E-state index in [1.807, 2.05) is 31.2 Å². The summed E-state index contributed by atoms with van der Waals surface area (Å²) in [5.41, 5.74) is 1.71. The number of nitrogens with zero attached hydrogens (tertiary/aromatic N) is 1. The maximum absolute atomic E-state index is 12.7. The number of nitro benzene ring substituents is 1. The molecule has 0 spiro atoms. The second kappa shape index (κ2) is 15.8. The molecule has 0 aliphatic carbocycles. The summed E-state index contributed by atoms with van der Waals surface area (Å²) in [6, 6.07) is 18.2. The van der Waals surface area contributed by atoms with Crippen molar-refractivity contribution in [3.05, 3.63) is 94.6 Å². The molecule has 0 aliphatic rings. The fourth-order valence-corrected chi connectivity index (χ4v) is 3.77. The summed E-state index contributed by atoms with van der Waals surface area (Å²) in [6.45, 7) is 8.67. The van der Waals surface area contributed by atoms with Gasteiger partial charge < -0.3 is 18.9 Å². The van der Waals surface area contributed by atoms with E-state index in [1.54, 1.807) is 37.3 Å². The Morgan fingerprint density at radius 1 is 0.805 bits per heavy atom. The lowest BCUT2D eigenvalue weighted by molar-refractivity contribution is -0.385. The van der Waals surface area contributed by atoms with Gasteiger partial charge in [-0.2, -0.15) is 0 Å². The van der Waals surface area contributed by atoms with E-state index in [-0.39, 0.29) is 23.0 Å². The molecule has 0 amide bonds. The molecule has 41 heavy (non-hydrogen) atoms. The number of carbonyl (C=O) groups excluding carboxylic acids is 2. The molecule has 0 saturated carbocycles. The highest BCUT2D eigenvalue weighted by Gasteiger charge is 2.20. The Morgan fingerprint density at radius 2 is 1.39 bits per heavy atom. The summed E-state index contributed by atoms with van der Waals surface area (Å²) >= 11 is 0. The van der Waals surface area contributed by atoms with E-state index in [0.29, 0.717) is 36.7 Å². The third kappa shape index (κ3) is 9.79. The number of carbonyl (C=O) groups is 2. The van der Waals surface area contributed by atoms with Crippen LogP contribution in [0.3, 0.4) is 0 Å². The molecular formula is C32H35NO8. The van der Waals surface area contributed by atoms with Crippen molar-refractivity contribution in [2.45, 2.75) is 46.0 Å². The molecule has 3 aromatic carbocycles. The van der Waals surface area contributed by atoms with E-state index in [4.69, 9.17) is 18.9 Å². The fraction of sp³-hybridized carbons (Fsp3) is 0.312. The van der Waals surface area contributed by atoms with Gasteiger partial charge >= 0.3 is 17.6 Å².